The number of thiophene rings is 1. The van der Waals surface area contributed by atoms with Crippen molar-refractivity contribution < 1.29 is 33.3 Å². The summed E-state index contributed by atoms with van der Waals surface area (Å²) >= 11 is 0.867. The highest BCUT2D eigenvalue weighted by atomic mass is 32.1. The molecule has 22 heavy (non-hydrogen) atoms. The molecular formula is C13H17NO7S. The Morgan fingerprint density at radius 2 is 1.77 bits per heavy atom. The molecule has 1 heterocycles. The van der Waals surface area contributed by atoms with Crippen molar-refractivity contribution in [2.75, 3.05) is 33.2 Å². The molecule has 0 aromatic carbocycles. The van der Waals surface area contributed by atoms with Gasteiger partial charge < -0.3 is 24.7 Å². The lowest BCUT2D eigenvalue weighted by molar-refractivity contribution is -0.150. The summed E-state index contributed by atoms with van der Waals surface area (Å²) in [6.45, 7) is 1.56. The van der Waals surface area contributed by atoms with Crippen LogP contribution in [-0.2, 0) is 30.3 Å². The average Bonchev–Trinajstić information content (AvgIpc) is 2.85. The minimum Gasteiger partial charge on any atom is -0.465 e. The van der Waals surface area contributed by atoms with Gasteiger partial charge in [-0.05, 0) is 6.92 Å². The number of hydrogen-bond acceptors (Lipinski definition) is 9. The molecule has 0 amide bonds. The standard InChI is InChI=1S/C13H17NO7S/c1-4-20-6-8(15)21-5-7-9(12(16)18-2)11(14)22-10(7)13(17)19-3/h4-6,14H2,1-3H3. The van der Waals surface area contributed by atoms with Gasteiger partial charge in [-0.3, -0.25) is 0 Å². The molecule has 0 aliphatic heterocycles. The van der Waals surface area contributed by atoms with E-state index in [1.54, 1.807) is 6.92 Å². The lowest BCUT2D eigenvalue weighted by atomic mass is 10.1. The predicted molar refractivity (Wildman–Crippen MR) is 77.7 cm³/mol. The quantitative estimate of drug-likeness (QED) is 0.581. The number of nitrogens with two attached hydrogens (primary N) is 1. The Morgan fingerprint density at radius 3 is 2.32 bits per heavy atom. The van der Waals surface area contributed by atoms with E-state index in [0.717, 1.165) is 11.3 Å². The van der Waals surface area contributed by atoms with E-state index >= 15 is 0 Å². The Bertz CT molecular complexity index is 567. The van der Waals surface area contributed by atoms with E-state index in [1.165, 1.54) is 14.2 Å². The summed E-state index contributed by atoms with van der Waals surface area (Å²) in [5.41, 5.74) is 5.90. The van der Waals surface area contributed by atoms with Gasteiger partial charge in [-0.15, -0.1) is 11.3 Å². The van der Waals surface area contributed by atoms with Gasteiger partial charge in [0.15, 0.2) is 0 Å². The number of anilines is 1. The zero-order chi connectivity index (χ0) is 16.7. The molecule has 0 aliphatic rings. The second-order valence-corrected chi connectivity index (χ2v) is 4.98. The maximum Gasteiger partial charge on any atom is 0.348 e. The third-order valence-corrected chi connectivity index (χ3v) is 3.64. The molecule has 0 atom stereocenters. The predicted octanol–water partition coefficient (Wildman–Crippen LogP) is 0.983. The topological polar surface area (TPSA) is 114 Å². The van der Waals surface area contributed by atoms with Gasteiger partial charge in [0.25, 0.3) is 0 Å². The zero-order valence-corrected chi connectivity index (χ0v) is 13.3. The molecule has 0 aliphatic carbocycles. The van der Waals surface area contributed by atoms with Crippen LogP contribution in [0, 0.1) is 0 Å². The summed E-state index contributed by atoms with van der Waals surface area (Å²) in [7, 11) is 2.38. The van der Waals surface area contributed by atoms with E-state index < -0.39 is 17.9 Å². The van der Waals surface area contributed by atoms with Crippen LogP contribution in [0.5, 0.6) is 0 Å². The third kappa shape index (κ3) is 4.18. The van der Waals surface area contributed by atoms with Gasteiger partial charge in [-0.2, -0.15) is 0 Å². The number of esters is 3. The van der Waals surface area contributed by atoms with Crippen LogP contribution in [0.2, 0.25) is 0 Å². The Hall–Kier alpha value is -2.13. The number of hydrogen-bond donors (Lipinski definition) is 1. The Labute approximate surface area is 131 Å². The maximum absolute atomic E-state index is 11.8. The highest BCUT2D eigenvalue weighted by molar-refractivity contribution is 7.18. The van der Waals surface area contributed by atoms with Gasteiger partial charge in [0.1, 0.15) is 28.7 Å². The van der Waals surface area contributed by atoms with Crippen molar-refractivity contribution in [1.29, 1.82) is 0 Å². The van der Waals surface area contributed by atoms with Gasteiger partial charge in [0.2, 0.25) is 0 Å². The lowest BCUT2D eigenvalue weighted by Gasteiger charge is -2.08. The van der Waals surface area contributed by atoms with Gasteiger partial charge in [-0.25, -0.2) is 14.4 Å². The molecular weight excluding hydrogens is 314 g/mol. The van der Waals surface area contributed by atoms with E-state index in [2.05, 4.69) is 9.47 Å². The molecule has 9 heteroatoms. The van der Waals surface area contributed by atoms with Crippen molar-refractivity contribution in [2.45, 2.75) is 13.5 Å². The van der Waals surface area contributed by atoms with Crippen LogP contribution in [0.3, 0.4) is 0 Å². The highest BCUT2D eigenvalue weighted by Crippen LogP contribution is 2.32. The van der Waals surface area contributed by atoms with Crippen LogP contribution >= 0.6 is 11.3 Å². The number of methoxy groups -OCH3 is 2. The first-order chi connectivity index (χ1) is 10.5. The van der Waals surface area contributed by atoms with Crippen molar-refractivity contribution >= 4 is 34.2 Å². The second-order valence-electron chi connectivity index (χ2n) is 3.93. The van der Waals surface area contributed by atoms with Crippen LogP contribution in [-0.4, -0.2) is 45.3 Å². The smallest absolute Gasteiger partial charge is 0.348 e. The normalized spacial score (nSPS) is 10.1. The van der Waals surface area contributed by atoms with Crippen LogP contribution < -0.4 is 5.73 Å². The van der Waals surface area contributed by atoms with Crippen LogP contribution in [0.15, 0.2) is 0 Å². The molecule has 1 aromatic rings. The average molecular weight is 331 g/mol. The van der Waals surface area contributed by atoms with Crippen molar-refractivity contribution in [2.24, 2.45) is 0 Å². The fraction of sp³-hybridized carbons (Fsp3) is 0.462. The molecule has 0 saturated carbocycles. The van der Waals surface area contributed by atoms with Crippen molar-refractivity contribution in [3.05, 3.63) is 16.0 Å². The number of carbonyl (C=O) groups excluding carboxylic acids is 3. The van der Waals surface area contributed by atoms with Crippen molar-refractivity contribution in [1.82, 2.24) is 0 Å². The summed E-state index contributed by atoms with van der Waals surface area (Å²) in [5, 5.41) is 0.0862. The van der Waals surface area contributed by atoms with E-state index in [-0.39, 0.29) is 34.2 Å². The minimum atomic E-state index is -0.722. The Morgan fingerprint density at radius 1 is 1.14 bits per heavy atom. The van der Waals surface area contributed by atoms with E-state index in [9.17, 15) is 14.4 Å². The third-order valence-electron chi connectivity index (χ3n) is 2.60. The Balaban J connectivity index is 3.05. The van der Waals surface area contributed by atoms with E-state index in [1.807, 2.05) is 0 Å². The summed E-state index contributed by atoms with van der Waals surface area (Å²) < 4.78 is 19.1. The molecule has 0 bridgehead atoms. The molecule has 1 aromatic heterocycles. The molecule has 0 radical (unpaired) electrons. The summed E-state index contributed by atoms with van der Waals surface area (Å²) in [6.07, 6.45) is 0. The fourth-order valence-electron chi connectivity index (χ4n) is 1.59. The first kappa shape index (κ1) is 17.9. The zero-order valence-electron chi connectivity index (χ0n) is 12.5. The monoisotopic (exact) mass is 331 g/mol. The van der Waals surface area contributed by atoms with Gasteiger partial charge in [0, 0.05) is 12.2 Å². The van der Waals surface area contributed by atoms with Crippen LogP contribution in [0.1, 0.15) is 32.5 Å². The summed E-state index contributed by atoms with van der Waals surface area (Å²) in [4.78, 5) is 35.1. The number of rotatable bonds is 7. The fourth-order valence-corrected chi connectivity index (χ4v) is 2.57. The summed E-state index contributed by atoms with van der Waals surface area (Å²) in [5.74, 6) is -2.03. The molecule has 1 rings (SSSR count). The first-order valence-electron chi connectivity index (χ1n) is 6.27. The molecule has 0 spiro atoms. The SMILES string of the molecule is CCOCC(=O)OCc1c(C(=O)OC)sc(N)c1C(=O)OC. The second kappa shape index (κ2) is 8.35. The maximum atomic E-state index is 11.8. The van der Waals surface area contributed by atoms with Gasteiger partial charge in [0.05, 0.1) is 14.2 Å². The largest absolute Gasteiger partial charge is 0.465 e. The molecule has 2 N–H and O–H groups in total. The lowest BCUT2D eigenvalue weighted by Crippen LogP contribution is -2.15. The molecule has 0 fully saturated rings. The number of nitrogen functional groups attached to an aromatic ring is 1. The molecule has 0 saturated heterocycles. The van der Waals surface area contributed by atoms with E-state index in [0.29, 0.717) is 6.61 Å². The minimum absolute atomic E-state index is 0.00268. The van der Waals surface area contributed by atoms with Crippen molar-refractivity contribution in [3.8, 4) is 0 Å². The van der Waals surface area contributed by atoms with Crippen LogP contribution in [0.4, 0.5) is 5.00 Å². The van der Waals surface area contributed by atoms with E-state index in [4.69, 9.17) is 15.2 Å². The number of carbonyl (C=O) groups is 3. The van der Waals surface area contributed by atoms with Gasteiger partial charge in [-0.1, -0.05) is 0 Å². The number of ether oxygens (including phenoxy) is 4. The van der Waals surface area contributed by atoms with Gasteiger partial charge >= 0.3 is 17.9 Å². The molecule has 8 nitrogen and oxygen atoms in total. The van der Waals surface area contributed by atoms with Crippen molar-refractivity contribution in [3.63, 3.8) is 0 Å². The van der Waals surface area contributed by atoms with Crippen LogP contribution in [0.25, 0.3) is 0 Å². The molecule has 0 unspecified atom stereocenters. The first-order valence-corrected chi connectivity index (χ1v) is 7.08. The summed E-state index contributed by atoms with van der Waals surface area (Å²) in [6, 6.07) is 0. The molecule has 122 valence electrons. The highest BCUT2D eigenvalue weighted by Gasteiger charge is 2.27. The Kier molecular flexibility index (Phi) is 6.80.